The lowest BCUT2D eigenvalue weighted by Gasteiger charge is -2.34. The average Bonchev–Trinajstić information content (AvgIpc) is 2.71. The summed E-state index contributed by atoms with van der Waals surface area (Å²) in [6.45, 7) is 7.78. The van der Waals surface area contributed by atoms with Crippen molar-refractivity contribution in [3.8, 4) is 0 Å². The fraction of sp³-hybridized carbons (Fsp3) is 0.571. The Bertz CT molecular complexity index is 509. The molecule has 0 spiro atoms. The molecule has 1 N–H and O–H groups in total. The molecule has 1 aromatic rings. The number of likely N-dealkylation sites (N-methyl/N-ethyl adjacent to an activating group) is 1. The first-order valence-corrected chi connectivity index (χ1v) is 7.04. The first-order chi connectivity index (χ1) is 9.25. The summed E-state index contributed by atoms with van der Waals surface area (Å²) < 4.78 is 1.77. The number of hydrogen-bond donors (Lipinski definition) is 1. The van der Waals surface area contributed by atoms with E-state index in [4.69, 9.17) is 11.6 Å². The van der Waals surface area contributed by atoms with Gasteiger partial charge in [-0.1, -0.05) is 18.5 Å². The lowest BCUT2D eigenvalue weighted by molar-refractivity contribution is -0.147. The maximum atomic E-state index is 12.6. The van der Waals surface area contributed by atoms with Gasteiger partial charge in [0.15, 0.2) is 0 Å². The molecule has 0 atom stereocenters. The fourth-order valence-electron chi connectivity index (χ4n) is 2.13. The van der Waals surface area contributed by atoms with Gasteiger partial charge >= 0.3 is 5.97 Å². The Labute approximate surface area is 124 Å². The number of aryl methyl sites for hydroxylation is 1. The van der Waals surface area contributed by atoms with E-state index in [-0.39, 0.29) is 5.91 Å². The van der Waals surface area contributed by atoms with E-state index in [1.807, 2.05) is 6.92 Å². The minimum atomic E-state index is -1.26. The number of amides is 1. The lowest BCUT2D eigenvalue weighted by atomic mass is 10.0. The van der Waals surface area contributed by atoms with Gasteiger partial charge in [-0.3, -0.25) is 4.79 Å². The van der Waals surface area contributed by atoms with Gasteiger partial charge in [-0.05, 0) is 33.3 Å². The number of carboxylic acid groups (broad SMARTS) is 1. The summed E-state index contributed by atoms with van der Waals surface area (Å²) in [6.07, 6.45) is 2.56. The summed E-state index contributed by atoms with van der Waals surface area (Å²) in [4.78, 5) is 25.3. The van der Waals surface area contributed by atoms with Crippen LogP contribution in [0.4, 0.5) is 0 Å². The first-order valence-electron chi connectivity index (χ1n) is 6.66. The highest BCUT2D eigenvalue weighted by Gasteiger charge is 2.38. The molecule has 5 nitrogen and oxygen atoms in total. The monoisotopic (exact) mass is 300 g/mol. The van der Waals surface area contributed by atoms with Gasteiger partial charge in [0.1, 0.15) is 11.2 Å². The highest BCUT2D eigenvalue weighted by Crippen LogP contribution is 2.22. The van der Waals surface area contributed by atoms with E-state index in [2.05, 4.69) is 0 Å². The normalized spacial score (nSPS) is 11.4. The van der Waals surface area contributed by atoms with Crippen LogP contribution in [0.3, 0.4) is 0 Å². The van der Waals surface area contributed by atoms with Crippen LogP contribution >= 0.6 is 11.6 Å². The van der Waals surface area contributed by atoms with Crippen LogP contribution in [0.1, 0.15) is 44.6 Å². The van der Waals surface area contributed by atoms with Gasteiger partial charge in [-0.2, -0.15) is 0 Å². The zero-order valence-corrected chi connectivity index (χ0v) is 13.1. The number of carboxylic acids is 1. The summed E-state index contributed by atoms with van der Waals surface area (Å²) in [7, 11) is 0. The number of hydrogen-bond acceptors (Lipinski definition) is 2. The molecule has 1 amide bonds. The zero-order chi connectivity index (χ0) is 15.5. The fourth-order valence-corrected chi connectivity index (χ4v) is 2.35. The van der Waals surface area contributed by atoms with Gasteiger partial charge in [-0.15, -0.1) is 0 Å². The molecule has 0 bridgehead atoms. The molecule has 0 aromatic carbocycles. The van der Waals surface area contributed by atoms with E-state index >= 15 is 0 Å². The molecule has 0 radical (unpaired) electrons. The molecule has 0 aliphatic rings. The number of halogens is 1. The van der Waals surface area contributed by atoms with Crippen LogP contribution in [0, 0.1) is 0 Å². The summed E-state index contributed by atoms with van der Waals surface area (Å²) >= 11 is 5.96. The number of rotatable bonds is 6. The van der Waals surface area contributed by atoms with Crippen LogP contribution in [0.2, 0.25) is 5.02 Å². The molecule has 1 rings (SSSR count). The van der Waals surface area contributed by atoms with E-state index in [9.17, 15) is 14.7 Å². The molecule has 20 heavy (non-hydrogen) atoms. The van der Waals surface area contributed by atoms with E-state index in [1.54, 1.807) is 23.8 Å². The summed E-state index contributed by atoms with van der Waals surface area (Å²) in [5.74, 6) is -1.35. The second kappa shape index (κ2) is 6.31. The van der Waals surface area contributed by atoms with Crippen molar-refractivity contribution in [1.29, 1.82) is 0 Å². The highest BCUT2D eigenvalue weighted by atomic mass is 35.5. The summed E-state index contributed by atoms with van der Waals surface area (Å²) in [6, 6.07) is 1.58. The van der Waals surface area contributed by atoms with Crippen LogP contribution in [0.25, 0.3) is 0 Å². The third-order valence-corrected chi connectivity index (χ3v) is 3.51. The number of carbonyl (C=O) groups is 2. The third kappa shape index (κ3) is 3.15. The number of aliphatic carboxylic acids is 1. The Morgan fingerprint density at radius 2 is 2.00 bits per heavy atom. The van der Waals surface area contributed by atoms with Gasteiger partial charge < -0.3 is 14.6 Å². The quantitative estimate of drug-likeness (QED) is 0.878. The molecule has 0 unspecified atom stereocenters. The Kier molecular flexibility index (Phi) is 5.22. The van der Waals surface area contributed by atoms with E-state index < -0.39 is 11.5 Å². The molecular weight excluding hydrogens is 280 g/mol. The smallest absolute Gasteiger partial charge is 0.329 e. The average molecular weight is 301 g/mol. The Balaban J connectivity index is 3.18. The maximum Gasteiger partial charge on any atom is 0.329 e. The number of aromatic nitrogens is 1. The molecule has 6 heteroatoms. The number of nitrogens with zero attached hydrogens (tertiary/aromatic N) is 2. The predicted molar refractivity (Wildman–Crippen MR) is 78.2 cm³/mol. The lowest BCUT2D eigenvalue weighted by Crippen LogP contribution is -2.53. The molecule has 1 heterocycles. The van der Waals surface area contributed by atoms with Crippen LogP contribution in [-0.4, -0.2) is 38.5 Å². The Morgan fingerprint density at radius 1 is 1.40 bits per heavy atom. The summed E-state index contributed by atoms with van der Waals surface area (Å²) in [5.41, 5.74) is -0.840. The minimum Gasteiger partial charge on any atom is -0.480 e. The minimum absolute atomic E-state index is 0.313. The Hall–Kier alpha value is -1.49. The van der Waals surface area contributed by atoms with Gasteiger partial charge in [-0.25, -0.2) is 4.79 Å². The third-order valence-electron chi connectivity index (χ3n) is 3.31. The second-order valence-corrected chi connectivity index (χ2v) is 5.59. The van der Waals surface area contributed by atoms with Gasteiger partial charge in [0.25, 0.3) is 5.91 Å². The van der Waals surface area contributed by atoms with E-state index in [0.29, 0.717) is 23.8 Å². The standard InChI is InChI=1S/C14H21ClN2O3/c1-5-7-16-9-10(15)8-11(16)12(18)17(6-2)14(3,4)13(19)20/h8-9H,5-7H2,1-4H3,(H,19,20). The SMILES string of the molecule is CCCn1cc(Cl)cc1C(=O)N(CC)C(C)(C)C(=O)O. The van der Waals surface area contributed by atoms with Crippen molar-refractivity contribution in [3.63, 3.8) is 0 Å². The van der Waals surface area contributed by atoms with Gasteiger partial charge in [0.05, 0.1) is 5.02 Å². The molecule has 0 saturated carbocycles. The maximum absolute atomic E-state index is 12.6. The van der Waals surface area contributed by atoms with Crippen molar-refractivity contribution in [2.75, 3.05) is 6.54 Å². The molecule has 0 fully saturated rings. The van der Waals surface area contributed by atoms with Crippen molar-refractivity contribution in [2.24, 2.45) is 0 Å². The Morgan fingerprint density at radius 3 is 2.45 bits per heavy atom. The largest absolute Gasteiger partial charge is 0.480 e. The molecule has 112 valence electrons. The van der Waals surface area contributed by atoms with E-state index in [1.165, 1.54) is 18.7 Å². The van der Waals surface area contributed by atoms with Crippen LogP contribution in [-0.2, 0) is 11.3 Å². The van der Waals surface area contributed by atoms with Crippen LogP contribution in [0.5, 0.6) is 0 Å². The van der Waals surface area contributed by atoms with Gasteiger partial charge in [0.2, 0.25) is 0 Å². The van der Waals surface area contributed by atoms with Crippen LogP contribution < -0.4 is 0 Å². The molecule has 0 saturated heterocycles. The topological polar surface area (TPSA) is 62.5 Å². The summed E-state index contributed by atoms with van der Waals surface area (Å²) in [5, 5.41) is 9.77. The van der Waals surface area contributed by atoms with Crippen LogP contribution in [0.15, 0.2) is 12.3 Å². The van der Waals surface area contributed by atoms with Crippen molar-refractivity contribution < 1.29 is 14.7 Å². The van der Waals surface area contributed by atoms with Crippen molar-refractivity contribution in [3.05, 3.63) is 23.0 Å². The van der Waals surface area contributed by atoms with Crippen molar-refractivity contribution in [2.45, 2.75) is 46.2 Å². The number of carbonyl (C=O) groups excluding carboxylic acids is 1. The molecule has 1 aromatic heterocycles. The van der Waals surface area contributed by atoms with Gasteiger partial charge in [0, 0.05) is 19.3 Å². The zero-order valence-electron chi connectivity index (χ0n) is 12.3. The molecule has 0 aliphatic heterocycles. The van der Waals surface area contributed by atoms with Crippen molar-refractivity contribution >= 4 is 23.5 Å². The molecule has 0 aliphatic carbocycles. The van der Waals surface area contributed by atoms with Crippen molar-refractivity contribution in [1.82, 2.24) is 9.47 Å². The second-order valence-electron chi connectivity index (χ2n) is 5.15. The predicted octanol–water partition coefficient (Wildman–Crippen LogP) is 2.88. The highest BCUT2D eigenvalue weighted by molar-refractivity contribution is 6.31. The first kappa shape index (κ1) is 16.6. The van der Waals surface area contributed by atoms with E-state index in [0.717, 1.165) is 6.42 Å². The molecular formula is C14H21ClN2O3.